The molecule has 0 spiro atoms. The molecule has 1 fully saturated rings. The standard InChI is InChI=1S/C12H12ClNO2/c13-10-4-2-1-3-9(10)12(14)6-5-8(15)7-11(12)16/h1-4H,5-7,14H2. The number of hydrogen-bond donors (Lipinski definition) is 1. The highest BCUT2D eigenvalue weighted by Gasteiger charge is 2.41. The summed E-state index contributed by atoms with van der Waals surface area (Å²) in [5.74, 6) is -0.282. The van der Waals surface area contributed by atoms with Gasteiger partial charge in [0, 0.05) is 11.4 Å². The van der Waals surface area contributed by atoms with Crippen LogP contribution in [-0.4, -0.2) is 11.6 Å². The molecular weight excluding hydrogens is 226 g/mol. The van der Waals surface area contributed by atoms with E-state index in [2.05, 4.69) is 0 Å². The number of ketones is 2. The van der Waals surface area contributed by atoms with Gasteiger partial charge in [0.15, 0.2) is 5.78 Å². The first-order chi connectivity index (χ1) is 7.54. The minimum absolute atomic E-state index is 0.0434. The largest absolute Gasteiger partial charge is 0.315 e. The summed E-state index contributed by atoms with van der Waals surface area (Å²) < 4.78 is 0. The van der Waals surface area contributed by atoms with Crippen LogP contribution in [0.5, 0.6) is 0 Å². The van der Waals surface area contributed by atoms with Crippen molar-refractivity contribution < 1.29 is 9.59 Å². The lowest BCUT2D eigenvalue weighted by atomic mass is 9.76. The Balaban J connectivity index is 2.43. The molecule has 0 radical (unpaired) electrons. The predicted octanol–water partition coefficient (Wildman–Crippen LogP) is 1.82. The fraction of sp³-hybridized carbons (Fsp3) is 0.333. The lowest BCUT2D eigenvalue weighted by Crippen LogP contribution is -2.49. The maximum atomic E-state index is 11.9. The topological polar surface area (TPSA) is 60.2 Å². The highest BCUT2D eigenvalue weighted by Crippen LogP contribution is 2.34. The molecule has 1 aliphatic carbocycles. The van der Waals surface area contributed by atoms with Crippen LogP contribution in [0.3, 0.4) is 0 Å². The maximum absolute atomic E-state index is 11.9. The monoisotopic (exact) mass is 237 g/mol. The molecule has 1 aliphatic rings. The second-order valence-electron chi connectivity index (χ2n) is 4.09. The van der Waals surface area contributed by atoms with Gasteiger partial charge in [-0.3, -0.25) is 9.59 Å². The van der Waals surface area contributed by atoms with Gasteiger partial charge < -0.3 is 5.73 Å². The Morgan fingerprint density at radius 2 is 1.94 bits per heavy atom. The number of carbonyl (C=O) groups is 2. The Hall–Kier alpha value is -1.19. The summed E-state index contributed by atoms with van der Waals surface area (Å²) in [5.41, 5.74) is 5.63. The third kappa shape index (κ3) is 1.77. The highest BCUT2D eigenvalue weighted by atomic mass is 35.5. The number of nitrogens with two attached hydrogens (primary N) is 1. The first-order valence-corrected chi connectivity index (χ1v) is 5.51. The van der Waals surface area contributed by atoms with E-state index in [9.17, 15) is 9.59 Å². The third-order valence-electron chi connectivity index (χ3n) is 3.01. The van der Waals surface area contributed by atoms with E-state index in [0.29, 0.717) is 23.4 Å². The summed E-state index contributed by atoms with van der Waals surface area (Å²) >= 11 is 6.03. The Kier molecular flexibility index (Phi) is 2.82. The van der Waals surface area contributed by atoms with Crippen molar-refractivity contribution in [2.45, 2.75) is 24.8 Å². The number of benzene rings is 1. The van der Waals surface area contributed by atoms with Crippen LogP contribution >= 0.6 is 11.6 Å². The van der Waals surface area contributed by atoms with Gasteiger partial charge in [0.1, 0.15) is 11.3 Å². The van der Waals surface area contributed by atoms with E-state index >= 15 is 0 Å². The molecule has 2 N–H and O–H groups in total. The first-order valence-electron chi connectivity index (χ1n) is 5.13. The van der Waals surface area contributed by atoms with Gasteiger partial charge in [0.25, 0.3) is 0 Å². The van der Waals surface area contributed by atoms with E-state index in [1.807, 2.05) is 0 Å². The van der Waals surface area contributed by atoms with Crippen LogP contribution in [0.15, 0.2) is 24.3 Å². The van der Waals surface area contributed by atoms with Gasteiger partial charge in [-0.15, -0.1) is 0 Å². The predicted molar refractivity (Wildman–Crippen MR) is 61.2 cm³/mol. The zero-order valence-corrected chi connectivity index (χ0v) is 9.46. The Bertz CT molecular complexity index is 458. The van der Waals surface area contributed by atoms with Crippen molar-refractivity contribution in [1.29, 1.82) is 0 Å². The van der Waals surface area contributed by atoms with Crippen molar-refractivity contribution in [2.75, 3.05) is 0 Å². The van der Waals surface area contributed by atoms with Gasteiger partial charge in [-0.1, -0.05) is 29.8 Å². The lowest BCUT2D eigenvalue weighted by Gasteiger charge is -2.32. The minimum atomic E-state index is -1.09. The molecule has 84 valence electrons. The van der Waals surface area contributed by atoms with Crippen molar-refractivity contribution >= 4 is 23.2 Å². The van der Waals surface area contributed by atoms with E-state index in [0.717, 1.165) is 0 Å². The molecule has 0 saturated heterocycles. The van der Waals surface area contributed by atoms with Crippen LogP contribution in [0.1, 0.15) is 24.8 Å². The number of hydrogen-bond acceptors (Lipinski definition) is 3. The minimum Gasteiger partial charge on any atom is -0.315 e. The Morgan fingerprint density at radius 3 is 2.56 bits per heavy atom. The normalized spacial score (nSPS) is 25.9. The Labute approximate surface area is 98.6 Å². The Morgan fingerprint density at radius 1 is 1.25 bits per heavy atom. The zero-order chi connectivity index (χ0) is 11.8. The average molecular weight is 238 g/mol. The van der Waals surface area contributed by atoms with E-state index in [4.69, 9.17) is 17.3 Å². The van der Waals surface area contributed by atoms with Crippen LogP contribution in [0.4, 0.5) is 0 Å². The number of halogens is 1. The van der Waals surface area contributed by atoms with Gasteiger partial charge >= 0.3 is 0 Å². The van der Waals surface area contributed by atoms with Crippen LogP contribution in [-0.2, 0) is 15.1 Å². The molecule has 3 nitrogen and oxygen atoms in total. The van der Waals surface area contributed by atoms with Crippen molar-refractivity contribution in [3.63, 3.8) is 0 Å². The van der Waals surface area contributed by atoms with E-state index in [1.54, 1.807) is 24.3 Å². The second-order valence-corrected chi connectivity index (χ2v) is 4.50. The molecule has 1 unspecified atom stereocenters. The summed E-state index contributed by atoms with van der Waals surface area (Å²) in [6.07, 6.45) is 0.601. The molecule has 0 amide bonds. The van der Waals surface area contributed by atoms with Gasteiger partial charge in [0.2, 0.25) is 0 Å². The van der Waals surface area contributed by atoms with Crippen molar-refractivity contribution in [3.05, 3.63) is 34.9 Å². The second kappa shape index (κ2) is 4.00. The van der Waals surface area contributed by atoms with Crippen LogP contribution in [0, 0.1) is 0 Å². The molecule has 0 bridgehead atoms. The van der Waals surface area contributed by atoms with E-state index in [1.165, 1.54) is 0 Å². The molecule has 0 aliphatic heterocycles. The molecule has 1 aromatic rings. The van der Waals surface area contributed by atoms with Crippen LogP contribution in [0.2, 0.25) is 5.02 Å². The average Bonchev–Trinajstić information content (AvgIpc) is 2.25. The molecule has 4 heteroatoms. The summed E-state index contributed by atoms with van der Waals surface area (Å²) in [6.45, 7) is 0. The number of carbonyl (C=O) groups excluding carboxylic acids is 2. The molecule has 0 aromatic heterocycles. The maximum Gasteiger partial charge on any atom is 0.164 e. The van der Waals surface area contributed by atoms with E-state index in [-0.39, 0.29) is 18.0 Å². The van der Waals surface area contributed by atoms with Gasteiger partial charge in [0.05, 0.1) is 6.42 Å². The smallest absolute Gasteiger partial charge is 0.164 e. The summed E-state index contributed by atoms with van der Waals surface area (Å²) in [4.78, 5) is 23.0. The van der Waals surface area contributed by atoms with Crippen molar-refractivity contribution in [1.82, 2.24) is 0 Å². The van der Waals surface area contributed by atoms with E-state index < -0.39 is 5.54 Å². The van der Waals surface area contributed by atoms with Crippen molar-refractivity contribution in [2.24, 2.45) is 5.73 Å². The molecule has 1 aromatic carbocycles. The van der Waals surface area contributed by atoms with Gasteiger partial charge in [-0.25, -0.2) is 0 Å². The summed E-state index contributed by atoms with van der Waals surface area (Å²) in [6, 6.07) is 7.03. The summed E-state index contributed by atoms with van der Waals surface area (Å²) in [7, 11) is 0. The molecule has 16 heavy (non-hydrogen) atoms. The van der Waals surface area contributed by atoms with Crippen LogP contribution in [0.25, 0.3) is 0 Å². The zero-order valence-electron chi connectivity index (χ0n) is 8.70. The molecule has 1 saturated carbocycles. The van der Waals surface area contributed by atoms with Crippen LogP contribution < -0.4 is 5.73 Å². The fourth-order valence-corrected chi connectivity index (χ4v) is 2.31. The molecule has 0 heterocycles. The highest BCUT2D eigenvalue weighted by molar-refractivity contribution is 6.32. The lowest BCUT2D eigenvalue weighted by molar-refractivity contribution is -0.134. The van der Waals surface area contributed by atoms with Gasteiger partial charge in [-0.2, -0.15) is 0 Å². The summed E-state index contributed by atoms with van der Waals surface area (Å²) in [5, 5.41) is 0.479. The fourth-order valence-electron chi connectivity index (χ4n) is 2.01. The molecule has 2 rings (SSSR count). The first kappa shape index (κ1) is 11.3. The number of rotatable bonds is 1. The molecular formula is C12H12ClNO2. The number of Topliss-reactive ketones (excluding diaryl/α,β-unsaturated/α-hetero) is 2. The van der Waals surface area contributed by atoms with Gasteiger partial charge in [-0.05, 0) is 18.1 Å². The quantitative estimate of drug-likeness (QED) is 0.758. The third-order valence-corrected chi connectivity index (χ3v) is 3.34. The molecule has 1 atom stereocenters. The SMILES string of the molecule is NC1(c2ccccc2Cl)CCC(=O)CC1=O. The van der Waals surface area contributed by atoms with Crippen molar-refractivity contribution in [3.8, 4) is 0 Å².